The van der Waals surface area contributed by atoms with Gasteiger partial charge >= 0.3 is 0 Å². The van der Waals surface area contributed by atoms with Crippen LogP contribution in [0.25, 0.3) is 0 Å². The first-order chi connectivity index (χ1) is 10.3. The van der Waals surface area contributed by atoms with Crippen LogP contribution in [0.4, 0.5) is 5.82 Å². The van der Waals surface area contributed by atoms with Crippen molar-refractivity contribution in [1.82, 2.24) is 15.3 Å². The van der Waals surface area contributed by atoms with Crippen molar-refractivity contribution in [3.63, 3.8) is 0 Å². The highest BCUT2D eigenvalue weighted by Gasteiger charge is 2.28. The normalized spacial score (nSPS) is 23.8. The fourth-order valence-electron chi connectivity index (χ4n) is 3.42. The van der Waals surface area contributed by atoms with E-state index in [1.807, 2.05) is 0 Å². The highest BCUT2D eigenvalue weighted by Crippen LogP contribution is 2.22. The number of piperidine rings is 1. The van der Waals surface area contributed by atoms with Gasteiger partial charge in [0.15, 0.2) is 0 Å². The maximum absolute atomic E-state index is 12.5. The standard InChI is InChI=1S/C16H24N4O/c21-16(19-14-6-2-1-3-7-14)13-5-4-10-20(12-13)15-11-17-8-9-18-15/h8-9,11,13-14H,1-7,10,12H2,(H,19,21). The third-order valence-electron chi connectivity index (χ3n) is 4.62. The van der Waals surface area contributed by atoms with Crippen LogP contribution in [0.1, 0.15) is 44.9 Å². The van der Waals surface area contributed by atoms with E-state index in [2.05, 4.69) is 20.2 Å². The van der Waals surface area contributed by atoms with Gasteiger partial charge < -0.3 is 10.2 Å². The van der Waals surface area contributed by atoms with Crippen LogP contribution in [0.2, 0.25) is 0 Å². The predicted molar refractivity (Wildman–Crippen MR) is 82.0 cm³/mol. The second kappa shape index (κ2) is 6.87. The van der Waals surface area contributed by atoms with Gasteiger partial charge in [-0.2, -0.15) is 0 Å². The fraction of sp³-hybridized carbons (Fsp3) is 0.688. The highest BCUT2D eigenvalue weighted by atomic mass is 16.2. The van der Waals surface area contributed by atoms with E-state index in [1.54, 1.807) is 18.6 Å². The van der Waals surface area contributed by atoms with E-state index in [0.29, 0.717) is 6.04 Å². The Morgan fingerprint density at radius 2 is 2.00 bits per heavy atom. The molecule has 1 unspecified atom stereocenters. The van der Waals surface area contributed by atoms with Gasteiger partial charge in [-0.05, 0) is 25.7 Å². The number of carbonyl (C=O) groups is 1. The summed E-state index contributed by atoms with van der Waals surface area (Å²) in [5, 5.41) is 3.26. The van der Waals surface area contributed by atoms with Crippen molar-refractivity contribution in [2.24, 2.45) is 5.92 Å². The summed E-state index contributed by atoms with van der Waals surface area (Å²) in [6.45, 7) is 1.73. The smallest absolute Gasteiger partial charge is 0.225 e. The third-order valence-corrected chi connectivity index (χ3v) is 4.62. The molecule has 1 N–H and O–H groups in total. The number of amides is 1. The lowest BCUT2D eigenvalue weighted by Crippen LogP contribution is -2.46. The van der Waals surface area contributed by atoms with Crippen LogP contribution in [0, 0.1) is 5.92 Å². The number of hydrogen-bond donors (Lipinski definition) is 1. The summed E-state index contributed by atoms with van der Waals surface area (Å²) in [5.41, 5.74) is 0. The van der Waals surface area contributed by atoms with E-state index in [1.165, 1.54) is 19.3 Å². The molecule has 2 fully saturated rings. The molecule has 2 heterocycles. The zero-order valence-electron chi connectivity index (χ0n) is 12.5. The van der Waals surface area contributed by atoms with E-state index in [4.69, 9.17) is 0 Å². The monoisotopic (exact) mass is 288 g/mol. The van der Waals surface area contributed by atoms with Gasteiger partial charge in [0.25, 0.3) is 0 Å². The molecule has 0 spiro atoms. The van der Waals surface area contributed by atoms with Crippen molar-refractivity contribution < 1.29 is 4.79 Å². The highest BCUT2D eigenvalue weighted by molar-refractivity contribution is 5.79. The van der Waals surface area contributed by atoms with Crippen LogP contribution in [0.3, 0.4) is 0 Å². The quantitative estimate of drug-likeness (QED) is 0.926. The van der Waals surface area contributed by atoms with Crippen LogP contribution >= 0.6 is 0 Å². The molecule has 2 aliphatic rings. The van der Waals surface area contributed by atoms with E-state index < -0.39 is 0 Å². The molecule has 1 saturated carbocycles. The molecule has 1 aliphatic heterocycles. The summed E-state index contributed by atoms with van der Waals surface area (Å²) < 4.78 is 0. The largest absolute Gasteiger partial charge is 0.355 e. The van der Waals surface area contributed by atoms with Gasteiger partial charge in [0.2, 0.25) is 5.91 Å². The van der Waals surface area contributed by atoms with Gasteiger partial charge in [-0.1, -0.05) is 19.3 Å². The Morgan fingerprint density at radius 3 is 2.76 bits per heavy atom. The molecule has 1 amide bonds. The van der Waals surface area contributed by atoms with Gasteiger partial charge in [0, 0.05) is 31.5 Å². The molecule has 0 radical (unpaired) electrons. The topological polar surface area (TPSA) is 58.1 Å². The SMILES string of the molecule is O=C(NC1CCCCC1)C1CCCN(c2cnccn2)C1. The lowest BCUT2D eigenvalue weighted by molar-refractivity contribution is -0.126. The molecule has 114 valence electrons. The Bertz CT molecular complexity index is 459. The van der Waals surface area contributed by atoms with E-state index in [0.717, 1.165) is 44.6 Å². The Balaban J connectivity index is 1.56. The number of rotatable bonds is 3. The molecule has 1 aromatic heterocycles. The zero-order chi connectivity index (χ0) is 14.5. The summed E-state index contributed by atoms with van der Waals surface area (Å²) in [7, 11) is 0. The van der Waals surface area contributed by atoms with Gasteiger partial charge in [-0.15, -0.1) is 0 Å². The number of nitrogens with zero attached hydrogens (tertiary/aromatic N) is 3. The Labute approximate surface area is 126 Å². The molecular weight excluding hydrogens is 264 g/mol. The number of anilines is 1. The number of aromatic nitrogens is 2. The van der Waals surface area contributed by atoms with E-state index in [9.17, 15) is 4.79 Å². The van der Waals surface area contributed by atoms with Crippen LogP contribution in [0.5, 0.6) is 0 Å². The molecule has 5 heteroatoms. The summed E-state index contributed by atoms with van der Waals surface area (Å²) >= 11 is 0. The second-order valence-electron chi connectivity index (χ2n) is 6.19. The minimum Gasteiger partial charge on any atom is -0.355 e. The third kappa shape index (κ3) is 3.71. The molecule has 21 heavy (non-hydrogen) atoms. The maximum Gasteiger partial charge on any atom is 0.225 e. The number of carbonyl (C=O) groups excluding carboxylic acids is 1. The van der Waals surface area contributed by atoms with E-state index in [-0.39, 0.29) is 11.8 Å². The fourth-order valence-corrected chi connectivity index (χ4v) is 3.42. The first kappa shape index (κ1) is 14.3. The molecule has 0 aromatic carbocycles. The molecule has 0 bridgehead atoms. The molecule has 1 aromatic rings. The minimum atomic E-state index is 0.0858. The van der Waals surface area contributed by atoms with Crippen LogP contribution in [0.15, 0.2) is 18.6 Å². The van der Waals surface area contributed by atoms with Crippen molar-refractivity contribution in [2.45, 2.75) is 51.0 Å². The maximum atomic E-state index is 12.5. The van der Waals surface area contributed by atoms with Gasteiger partial charge in [-0.25, -0.2) is 4.98 Å². The van der Waals surface area contributed by atoms with Crippen molar-refractivity contribution >= 4 is 11.7 Å². The molecular formula is C16H24N4O. The van der Waals surface area contributed by atoms with Gasteiger partial charge in [0.1, 0.15) is 5.82 Å². The summed E-state index contributed by atoms with van der Waals surface area (Å²) in [6.07, 6.45) is 13.3. The van der Waals surface area contributed by atoms with Crippen LogP contribution in [-0.2, 0) is 4.79 Å². The van der Waals surface area contributed by atoms with Gasteiger partial charge in [-0.3, -0.25) is 9.78 Å². The first-order valence-corrected chi connectivity index (χ1v) is 8.14. The Morgan fingerprint density at radius 1 is 1.14 bits per heavy atom. The molecule has 1 aliphatic carbocycles. The molecule has 5 nitrogen and oxygen atoms in total. The second-order valence-corrected chi connectivity index (χ2v) is 6.19. The van der Waals surface area contributed by atoms with Crippen molar-refractivity contribution in [3.05, 3.63) is 18.6 Å². The first-order valence-electron chi connectivity index (χ1n) is 8.14. The molecule has 1 atom stereocenters. The van der Waals surface area contributed by atoms with Crippen molar-refractivity contribution in [3.8, 4) is 0 Å². The number of hydrogen-bond acceptors (Lipinski definition) is 4. The zero-order valence-corrected chi connectivity index (χ0v) is 12.5. The van der Waals surface area contributed by atoms with Crippen LogP contribution in [-0.4, -0.2) is 35.0 Å². The average Bonchev–Trinajstić information content (AvgIpc) is 2.57. The average molecular weight is 288 g/mol. The van der Waals surface area contributed by atoms with Crippen molar-refractivity contribution in [2.75, 3.05) is 18.0 Å². The predicted octanol–water partition coefficient (Wildman–Crippen LogP) is 2.14. The lowest BCUT2D eigenvalue weighted by atomic mass is 9.93. The Hall–Kier alpha value is -1.65. The van der Waals surface area contributed by atoms with Crippen LogP contribution < -0.4 is 10.2 Å². The summed E-state index contributed by atoms with van der Waals surface area (Å²) in [4.78, 5) is 23.1. The molecule has 1 saturated heterocycles. The minimum absolute atomic E-state index is 0.0858. The lowest BCUT2D eigenvalue weighted by Gasteiger charge is -2.34. The van der Waals surface area contributed by atoms with E-state index >= 15 is 0 Å². The summed E-state index contributed by atoms with van der Waals surface area (Å²) in [5.74, 6) is 1.20. The summed E-state index contributed by atoms with van der Waals surface area (Å²) in [6, 6.07) is 0.401. The number of nitrogens with one attached hydrogen (secondary N) is 1. The van der Waals surface area contributed by atoms with Gasteiger partial charge in [0.05, 0.1) is 12.1 Å². The van der Waals surface area contributed by atoms with Crippen molar-refractivity contribution in [1.29, 1.82) is 0 Å². The Kier molecular flexibility index (Phi) is 4.68. The molecule has 3 rings (SSSR count).